The Labute approximate surface area is 121 Å². The van der Waals surface area contributed by atoms with E-state index >= 15 is 0 Å². The lowest BCUT2D eigenvalue weighted by Gasteiger charge is -2.11. The Morgan fingerprint density at radius 3 is 2.42 bits per heavy atom. The number of carbonyl (C=O) groups is 2. The number of carbonyl (C=O) groups excluding carboxylic acids is 2. The average Bonchev–Trinajstić information content (AvgIpc) is 2.88. The maximum Gasteiger partial charge on any atom is 0.315 e. The van der Waals surface area contributed by atoms with E-state index in [1.807, 2.05) is 6.07 Å². The van der Waals surface area contributed by atoms with Crippen molar-refractivity contribution >= 4 is 40.8 Å². The molecule has 0 spiro atoms. The molecule has 1 atom stereocenters. The van der Waals surface area contributed by atoms with Crippen LogP contribution in [0.1, 0.15) is 13.3 Å². The number of nitrogens with one attached hydrogen (secondary N) is 1. The van der Waals surface area contributed by atoms with E-state index in [4.69, 9.17) is 27.9 Å². The largest absolute Gasteiger partial charge is 0.455 e. The number of anilines is 1. The first-order valence-electron chi connectivity index (χ1n) is 5.75. The lowest BCUT2D eigenvalue weighted by atomic mass is 10.1. The Bertz CT molecular complexity index is 504. The highest BCUT2D eigenvalue weighted by Crippen LogP contribution is 2.64. The molecule has 1 amide bonds. The standard InChI is InChI=1S/C13H13Cl2NO3/c1-12(8-13(12,14)15)11(18)19-7-10(17)16-9-5-3-2-4-6-9/h2-6H,7-8H2,1H3,(H,16,17)/t12-/m1/s1. The van der Waals surface area contributed by atoms with Crippen LogP contribution in [0.25, 0.3) is 0 Å². The molecule has 1 aliphatic rings. The number of alkyl halides is 2. The molecule has 0 aromatic heterocycles. The molecule has 2 rings (SSSR count). The molecule has 0 radical (unpaired) electrons. The predicted octanol–water partition coefficient (Wildman–Crippen LogP) is 2.75. The molecule has 0 bridgehead atoms. The second kappa shape index (κ2) is 5.02. The summed E-state index contributed by atoms with van der Waals surface area (Å²) in [7, 11) is 0. The van der Waals surface area contributed by atoms with Gasteiger partial charge >= 0.3 is 5.97 Å². The van der Waals surface area contributed by atoms with Crippen molar-refractivity contribution < 1.29 is 14.3 Å². The highest BCUT2D eigenvalue weighted by atomic mass is 35.5. The van der Waals surface area contributed by atoms with Crippen LogP contribution in [-0.2, 0) is 14.3 Å². The van der Waals surface area contributed by atoms with Gasteiger partial charge in [-0.05, 0) is 19.1 Å². The molecule has 1 fully saturated rings. The number of halogens is 2. The topological polar surface area (TPSA) is 55.4 Å². The molecular weight excluding hydrogens is 289 g/mol. The van der Waals surface area contributed by atoms with Gasteiger partial charge in [0.05, 0.1) is 0 Å². The van der Waals surface area contributed by atoms with E-state index in [-0.39, 0.29) is 6.61 Å². The second-order valence-electron chi connectivity index (χ2n) is 4.70. The molecule has 1 saturated carbocycles. The van der Waals surface area contributed by atoms with Gasteiger partial charge in [0.15, 0.2) is 6.61 Å². The number of hydrogen-bond donors (Lipinski definition) is 1. The summed E-state index contributed by atoms with van der Waals surface area (Å²) >= 11 is 11.7. The molecule has 0 unspecified atom stereocenters. The number of benzene rings is 1. The van der Waals surface area contributed by atoms with Crippen molar-refractivity contribution in [2.75, 3.05) is 11.9 Å². The third-order valence-electron chi connectivity index (χ3n) is 3.10. The van der Waals surface area contributed by atoms with E-state index in [9.17, 15) is 9.59 Å². The highest BCUT2D eigenvalue weighted by Gasteiger charge is 2.69. The van der Waals surface area contributed by atoms with E-state index in [2.05, 4.69) is 5.32 Å². The number of hydrogen-bond acceptors (Lipinski definition) is 3. The SMILES string of the molecule is C[C@]1(C(=O)OCC(=O)Nc2ccccc2)CC1(Cl)Cl. The van der Waals surface area contributed by atoms with Crippen LogP contribution in [0.5, 0.6) is 0 Å². The van der Waals surface area contributed by atoms with E-state index in [1.54, 1.807) is 31.2 Å². The summed E-state index contributed by atoms with van der Waals surface area (Å²) < 4.78 is 3.84. The fourth-order valence-corrected chi connectivity index (χ4v) is 2.32. The molecule has 19 heavy (non-hydrogen) atoms. The van der Waals surface area contributed by atoms with Crippen LogP contribution in [0, 0.1) is 5.41 Å². The predicted molar refractivity (Wildman–Crippen MR) is 73.2 cm³/mol. The second-order valence-corrected chi connectivity index (χ2v) is 6.19. The summed E-state index contributed by atoms with van der Waals surface area (Å²) in [6, 6.07) is 8.91. The Hall–Kier alpha value is -1.26. The average molecular weight is 302 g/mol. The van der Waals surface area contributed by atoms with Crippen LogP contribution in [-0.4, -0.2) is 22.8 Å². The van der Waals surface area contributed by atoms with Crippen molar-refractivity contribution in [2.45, 2.75) is 17.7 Å². The Balaban J connectivity index is 1.80. The van der Waals surface area contributed by atoms with Crippen LogP contribution in [0.3, 0.4) is 0 Å². The number of esters is 1. The van der Waals surface area contributed by atoms with Gasteiger partial charge in [-0.15, -0.1) is 23.2 Å². The quantitative estimate of drug-likeness (QED) is 0.687. The summed E-state index contributed by atoms with van der Waals surface area (Å²) in [6.07, 6.45) is 0.336. The monoisotopic (exact) mass is 301 g/mol. The maximum absolute atomic E-state index is 11.7. The van der Waals surface area contributed by atoms with Gasteiger partial charge in [-0.1, -0.05) is 18.2 Å². The first kappa shape index (κ1) is 14.2. The normalized spacial score (nSPS) is 23.5. The summed E-state index contributed by atoms with van der Waals surface area (Å²) in [5.41, 5.74) is -0.270. The minimum absolute atomic E-state index is 0.336. The minimum atomic E-state index is -1.08. The number of para-hydroxylation sites is 1. The molecule has 0 saturated heterocycles. The number of ether oxygens (including phenoxy) is 1. The molecule has 1 aliphatic carbocycles. The third-order valence-corrected chi connectivity index (χ3v) is 4.20. The Morgan fingerprint density at radius 1 is 1.32 bits per heavy atom. The van der Waals surface area contributed by atoms with E-state index in [0.29, 0.717) is 12.1 Å². The van der Waals surface area contributed by atoms with Gasteiger partial charge in [0.1, 0.15) is 9.75 Å². The van der Waals surface area contributed by atoms with Gasteiger partial charge in [0.2, 0.25) is 0 Å². The smallest absolute Gasteiger partial charge is 0.315 e. The number of amides is 1. The van der Waals surface area contributed by atoms with E-state index in [1.165, 1.54) is 0 Å². The Kier molecular flexibility index (Phi) is 3.74. The zero-order chi connectivity index (χ0) is 14.1. The van der Waals surface area contributed by atoms with Gasteiger partial charge in [0, 0.05) is 12.1 Å². The van der Waals surface area contributed by atoms with Crippen LogP contribution < -0.4 is 5.32 Å². The van der Waals surface area contributed by atoms with Crippen molar-refractivity contribution in [3.05, 3.63) is 30.3 Å². The van der Waals surface area contributed by atoms with Gasteiger partial charge in [-0.2, -0.15) is 0 Å². The zero-order valence-electron chi connectivity index (χ0n) is 10.3. The summed E-state index contributed by atoms with van der Waals surface area (Å²) in [4.78, 5) is 23.3. The van der Waals surface area contributed by atoms with Crippen molar-refractivity contribution in [1.29, 1.82) is 0 Å². The van der Waals surface area contributed by atoms with Crippen molar-refractivity contribution in [2.24, 2.45) is 5.41 Å². The molecular formula is C13H13Cl2NO3. The molecule has 4 nitrogen and oxygen atoms in total. The van der Waals surface area contributed by atoms with E-state index in [0.717, 1.165) is 0 Å². The summed E-state index contributed by atoms with van der Waals surface area (Å²) in [5, 5.41) is 2.61. The molecule has 1 N–H and O–H groups in total. The van der Waals surface area contributed by atoms with Crippen molar-refractivity contribution in [3.8, 4) is 0 Å². The van der Waals surface area contributed by atoms with Crippen LogP contribution >= 0.6 is 23.2 Å². The molecule has 102 valence electrons. The summed E-state index contributed by atoms with van der Waals surface area (Å²) in [6.45, 7) is 1.26. The minimum Gasteiger partial charge on any atom is -0.455 e. The molecule has 1 aromatic rings. The molecule has 6 heteroatoms. The van der Waals surface area contributed by atoms with E-state index < -0.39 is 21.6 Å². The van der Waals surface area contributed by atoms with Crippen LogP contribution in [0.2, 0.25) is 0 Å². The molecule has 0 aliphatic heterocycles. The summed E-state index contributed by atoms with van der Waals surface area (Å²) in [5.74, 6) is -0.959. The first-order valence-corrected chi connectivity index (χ1v) is 6.51. The molecule has 1 aromatic carbocycles. The third kappa shape index (κ3) is 3.01. The fourth-order valence-electron chi connectivity index (χ4n) is 1.63. The molecule has 0 heterocycles. The van der Waals surface area contributed by atoms with Gasteiger partial charge in [-0.25, -0.2) is 0 Å². The van der Waals surface area contributed by atoms with Gasteiger partial charge < -0.3 is 10.1 Å². The highest BCUT2D eigenvalue weighted by molar-refractivity contribution is 6.53. The van der Waals surface area contributed by atoms with Gasteiger partial charge in [0.25, 0.3) is 5.91 Å². The van der Waals surface area contributed by atoms with Crippen molar-refractivity contribution in [3.63, 3.8) is 0 Å². The lowest BCUT2D eigenvalue weighted by Crippen LogP contribution is -2.26. The first-order chi connectivity index (χ1) is 8.85. The zero-order valence-corrected chi connectivity index (χ0v) is 11.8. The lowest BCUT2D eigenvalue weighted by molar-refractivity contribution is -0.152. The van der Waals surface area contributed by atoms with Crippen molar-refractivity contribution in [1.82, 2.24) is 0 Å². The van der Waals surface area contributed by atoms with Gasteiger partial charge in [-0.3, -0.25) is 9.59 Å². The Morgan fingerprint density at radius 2 is 1.89 bits per heavy atom. The van der Waals surface area contributed by atoms with Crippen LogP contribution in [0.15, 0.2) is 30.3 Å². The van der Waals surface area contributed by atoms with Crippen LogP contribution in [0.4, 0.5) is 5.69 Å². The fraction of sp³-hybridized carbons (Fsp3) is 0.385. The maximum atomic E-state index is 11.7. The number of rotatable bonds is 4.